The van der Waals surface area contributed by atoms with Gasteiger partial charge in [0.25, 0.3) is 5.82 Å². The molecule has 0 bridgehead atoms. The first-order chi connectivity index (χ1) is 12.7. The number of anilines is 1. The molecule has 27 heavy (non-hydrogen) atoms. The summed E-state index contributed by atoms with van der Waals surface area (Å²) in [5, 5.41) is 5.94. The van der Waals surface area contributed by atoms with Crippen LogP contribution in [0.3, 0.4) is 0 Å². The first kappa shape index (κ1) is 19.3. The number of esters is 1. The molecular formula is C16H18F3N5O2S. The predicted octanol–water partition coefficient (Wildman–Crippen LogP) is 2.69. The number of aromatic nitrogens is 3. The van der Waals surface area contributed by atoms with Gasteiger partial charge in [0.2, 0.25) is 5.16 Å². The summed E-state index contributed by atoms with van der Waals surface area (Å²) < 4.78 is 45.4. The van der Waals surface area contributed by atoms with Crippen LogP contribution in [0.25, 0.3) is 0 Å². The van der Waals surface area contributed by atoms with Crippen LogP contribution in [0.4, 0.5) is 18.9 Å². The van der Waals surface area contributed by atoms with E-state index < -0.39 is 29.3 Å². The average molecular weight is 401 g/mol. The fourth-order valence-electron chi connectivity index (χ4n) is 2.67. The second-order valence-electron chi connectivity index (χ2n) is 6.02. The Labute approximate surface area is 157 Å². The normalized spacial score (nSPS) is 19.2. The van der Waals surface area contributed by atoms with E-state index >= 15 is 0 Å². The molecule has 0 saturated carbocycles. The Morgan fingerprint density at radius 2 is 1.96 bits per heavy atom. The van der Waals surface area contributed by atoms with Crippen LogP contribution in [-0.4, -0.2) is 46.8 Å². The summed E-state index contributed by atoms with van der Waals surface area (Å²) in [7, 11) is 3.76. The summed E-state index contributed by atoms with van der Waals surface area (Å²) in [5.74, 6) is -1.69. The molecule has 2 aromatic rings. The number of nitrogens with one attached hydrogen (secondary N) is 1. The van der Waals surface area contributed by atoms with E-state index in [2.05, 4.69) is 15.6 Å². The first-order valence-electron chi connectivity index (χ1n) is 8.12. The number of hydrogen-bond acceptors (Lipinski definition) is 7. The lowest BCUT2D eigenvalue weighted by Gasteiger charge is -2.32. The van der Waals surface area contributed by atoms with Gasteiger partial charge in [-0.25, -0.2) is 4.68 Å². The molecule has 0 saturated heterocycles. The molecule has 7 nitrogen and oxygen atoms in total. The summed E-state index contributed by atoms with van der Waals surface area (Å²) >= 11 is 0.897. The average Bonchev–Trinajstić information content (AvgIpc) is 3.04. The number of ether oxygens (including phenoxy) is 1. The third-order valence-electron chi connectivity index (χ3n) is 3.98. The molecule has 1 aromatic carbocycles. The quantitative estimate of drug-likeness (QED) is 0.790. The highest BCUT2D eigenvalue weighted by Gasteiger charge is 2.44. The van der Waals surface area contributed by atoms with Crippen molar-refractivity contribution in [3.05, 3.63) is 35.7 Å². The minimum atomic E-state index is -4.67. The molecule has 0 amide bonds. The monoisotopic (exact) mass is 401 g/mol. The predicted molar refractivity (Wildman–Crippen MR) is 94.2 cm³/mol. The van der Waals surface area contributed by atoms with E-state index in [4.69, 9.17) is 4.74 Å². The Kier molecular flexibility index (Phi) is 5.22. The zero-order valence-corrected chi connectivity index (χ0v) is 15.6. The Morgan fingerprint density at radius 1 is 1.30 bits per heavy atom. The second kappa shape index (κ2) is 7.29. The Hall–Kier alpha value is -2.43. The number of fused-ring (bicyclic) bond motifs is 1. The molecule has 0 radical (unpaired) electrons. The summed E-state index contributed by atoms with van der Waals surface area (Å²) in [6, 6.07) is 6.45. The largest absolute Gasteiger partial charge is 0.465 e. The Bertz CT molecular complexity index is 822. The maximum absolute atomic E-state index is 13.2. The number of carbonyl (C=O) groups excluding carboxylic acids is 1. The van der Waals surface area contributed by atoms with Crippen molar-refractivity contribution in [1.29, 1.82) is 0 Å². The van der Waals surface area contributed by atoms with E-state index in [9.17, 15) is 18.0 Å². The van der Waals surface area contributed by atoms with Gasteiger partial charge in [-0.1, -0.05) is 23.9 Å². The third-order valence-corrected chi connectivity index (χ3v) is 5.17. The summed E-state index contributed by atoms with van der Waals surface area (Å²) in [4.78, 5) is 14.3. The van der Waals surface area contributed by atoms with Gasteiger partial charge in [-0.15, -0.1) is 10.2 Å². The van der Waals surface area contributed by atoms with E-state index in [1.165, 1.54) is 0 Å². The number of carbonyl (C=O) groups is 1. The van der Waals surface area contributed by atoms with Gasteiger partial charge < -0.3 is 15.1 Å². The van der Waals surface area contributed by atoms with Gasteiger partial charge in [0.15, 0.2) is 0 Å². The van der Waals surface area contributed by atoms with Crippen molar-refractivity contribution in [3.63, 3.8) is 0 Å². The topological polar surface area (TPSA) is 72.3 Å². The summed E-state index contributed by atoms with van der Waals surface area (Å²) in [6.45, 7) is 1.84. The number of alkyl halides is 3. The summed E-state index contributed by atoms with van der Waals surface area (Å²) in [6.07, 6.45) is -4.67. The van der Waals surface area contributed by atoms with Crippen LogP contribution in [0.15, 0.2) is 29.4 Å². The van der Waals surface area contributed by atoms with Crippen LogP contribution in [-0.2, 0) is 15.7 Å². The second-order valence-corrected chi connectivity index (χ2v) is 7.13. The first-order valence-corrected chi connectivity index (χ1v) is 9.00. The van der Waals surface area contributed by atoms with Crippen LogP contribution in [0.1, 0.15) is 24.4 Å². The van der Waals surface area contributed by atoms with Gasteiger partial charge in [0.05, 0.1) is 12.6 Å². The molecular weight excluding hydrogens is 383 g/mol. The van der Waals surface area contributed by atoms with Crippen molar-refractivity contribution in [1.82, 2.24) is 14.9 Å². The van der Waals surface area contributed by atoms with Gasteiger partial charge >= 0.3 is 12.1 Å². The van der Waals surface area contributed by atoms with Gasteiger partial charge in [-0.3, -0.25) is 4.79 Å². The molecule has 2 heterocycles. The SMILES string of the molecule is CCOC(=O)C1Sc2nnc(C(F)(F)F)n2NC1c1ccc(N(C)C)cc1. The van der Waals surface area contributed by atoms with E-state index in [1.807, 2.05) is 31.1 Å². The number of thioether (sulfide) groups is 1. The van der Waals surface area contributed by atoms with Crippen molar-refractivity contribution in [2.24, 2.45) is 0 Å². The lowest BCUT2D eigenvalue weighted by molar-refractivity contribution is -0.147. The van der Waals surface area contributed by atoms with Crippen LogP contribution < -0.4 is 10.3 Å². The lowest BCUT2D eigenvalue weighted by Crippen LogP contribution is -2.40. The maximum Gasteiger partial charge on any atom is 0.453 e. The molecule has 3 rings (SSSR count). The molecule has 2 unspecified atom stereocenters. The lowest BCUT2D eigenvalue weighted by atomic mass is 10.0. The number of rotatable bonds is 4. The number of benzene rings is 1. The molecule has 0 spiro atoms. The Morgan fingerprint density at radius 3 is 2.52 bits per heavy atom. The molecule has 0 aliphatic carbocycles. The van der Waals surface area contributed by atoms with E-state index in [-0.39, 0.29) is 11.8 Å². The Balaban J connectivity index is 2.00. The highest BCUT2D eigenvalue weighted by molar-refractivity contribution is 8.00. The van der Waals surface area contributed by atoms with E-state index in [1.54, 1.807) is 19.1 Å². The molecule has 1 N–H and O–H groups in total. The van der Waals surface area contributed by atoms with Gasteiger partial charge in [-0.05, 0) is 24.6 Å². The smallest absolute Gasteiger partial charge is 0.453 e. The van der Waals surface area contributed by atoms with Crippen molar-refractivity contribution in [2.75, 3.05) is 31.0 Å². The fourth-order valence-corrected chi connectivity index (χ4v) is 3.75. The van der Waals surface area contributed by atoms with Gasteiger partial charge in [0, 0.05) is 19.8 Å². The number of hydrogen-bond donors (Lipinski definition) is 1. The highest BCUT2D eigenvalue weighted by atomic mass is 32.2. The highest BCUT2D eigenvalue weighted by Crippen LogP contribution is 2.40. The number of nitrogens with zero attached hydrogens (tertiary/aromatic N) is 4. The summed E-state index contributed by atoms with van der Waals surface area (Å²) in [5.41, 5.74) is 4.32. The molecule has 146 valence electrons. The van der Waals surface area contributed by atoms with Crippen molar-refractivity contribution < 1.29 is 22.7 Å². The zero-order chi connectivity index (χ0) is 19.8. The van der Waals surface area contributed by atoms with Crippen molar-refractivity contribution >= 4 is 23.4 Å². The number of halogens is 3. The van der Waals surface area contributed by atoms with Crippen molar-refractivity contribution in [3.8, 4) is 0 Å². The van der Waals surface area contributed by atoms with Crippen LogP contribution in [0.2, 0.25) is 0 Å². The minimum absolute atomic E-state index is 0.0402. The van der Waals surface area contributed by atoms with Crippen molar-refractivity contribution in [2.45, 2.75) is 29.5 Å². The molecule has 0 fully saturated rings. The third kappa shape index (κ3) is 3.82. The zero-order valence-electron chi connectivity index (χ0n) is 14.8. The van der Waals surface area contributed by atoms with Crippen LogP contribution >= 0.6 is 11.8 Å². The van der Waals surface area contributed by atoms with E-state index in [0.717, 1.165) is 22.1 Å². The molecule has 2 atom stereocenters. The maximum atomic E-state index is 13.2. The van der Waals surface area contributed by atoms with Crippen LogP contribution in [0, 0.1) is 0 Å². The standard InChI is InChI=1S/C16H18F3N5O2S/c1-4-26-13(25)12-11(9-5-7-10(8-6-9)23(2)3)22-24-14(16(17,18)19)20-21-15(24)27-12/h5-8,11-12,22H,4H2,1-3H3. The molecule has 11 heteroatoms. The fraction of sp³-hybridized carbons (Fsp3) is 0.438. The van der Waals surface area contributed by atoms with E-state index in [0.29, 0.717) is 5.56 Å². The minimum Gasteiger partial charge on any atom is -0.465 e. The van der Waals surface area contributed by atoms with Crippen LogP contribution in [0.5, 0.6) is 0 Å². The molecule has 1 aliphatic heterocycles. The van der Waals surface area contributed by atoms with Gasteiger partial charge in [0.1, 0.15) is 5.25 Å². The van der Waals surface area contributed by atoms with Gasteiger partial charge in [-0.2, -0.15) is 13.2 Å². The molecule has 1 aliphatic rings. The molecule has 1 aromatic heterocycles.